The van der Waals surface area contributed by atoms with E-state index in [4.69, 9.17) is 4.74 Å². The highest BCUT2D eigenvalue weighted by Crippen LogP contribution is 2.28. The third-order valence-electron chi connectivity index (χ3n) is 6.08. The zero-order valence-electron chi connectivity index (χ0n) is 20.1. The molecule has 2 fully saturated rings. The fourth-order valence-electron chi connectivity index (χ4n) is 4.36. The van der Waals surface area contributed by atoms with E-state index >= 15 is 0 Å². The molecule has 33 heavy (non-hydrogen) atoms. The summed E-state index contributed by atoms with van der Waals surface area (Å²) in [5.41, 5.74) is 1.74. The number of aryl methyl sites for hydroxylation is 1. The van der Waals surface area contributed by atoms with Gasteiger partial charge in [0.05, 0.1) is 19.6 Å². The van der Waals surface area contributed by atoms with E-state index in [-0.39, 0.29) is 19.1 Å². The number of rotatable bonds is 9. The second-order valence-electron chi connectivity index (χ2n) is 9.06. The number of methoxy groups -OCH3 is 1. The number of urea groups is 2. The smallest absolute Gasteiger partial charge is 0.331 e. The lowest BCUT2D eigenvalue weighted by molar-refractivity contribution is -0.140. The number of benzene rings is 1. The molecule has 4 amide bonds. The van der Waals surface area contributed by atoms with Crippen LogP contribution in [0.2, 0.25) is 0 Å². The number of carbonyl (C=O) groups excluding carboxylic acids is 3. The van der Waals surface area contributed by atoms with Crippen LogP contribution in [0.15, 0.2) is 18.2 Å². The normalized spacial score (nSPS) is 19.5. The number of hydrogen-bond donors (Lipinski definition) is 2. The Bertz CT molecular complexity index is 853. The van der Waals surface area contributed by atoms with Gasteiger partial charge in [-0.05, 0) is 63.3 Å². The summed E-state index contributed by atoms with van der Waals surface area (Å²) in [5, 5.41) is 6.19. The molecule has 1 aliphatic heterocycles. The van der Waals surface area contributed by atoms with Gasteiger partial charge in [0, 0.05) is 18.8 Å². The molecule has 2 aliphatic rings. The Morgan fingerprint density at radius 1 is 1.21 bits per heavy atom. The molecule has 1 aromatic carbocycles. The van der Waals surface area contributed by atoms with Crippen LogP contribution in [0.1, 0.15) is 57.9 Å². The fraction of sp³-hybridized carbons (Fsp3) is 0.625. The lowest BCUT2D eigenvalue weighted by Crippen LogP contribution is -2.68. The number of hydrogen-bond acceptors (Lipinski definition) is 6. The summed E-state index contributed by atoms with van der Waals surface area (Å²) in [6, 6.07) is 4.78. The Morgan fingerprint density at radius 2 is 1.94 bits per heavy atom. The quantitative estimate of drug-likeness (QED) is 0.539. The minimum Gasteiger partial charge on any atom is -0.491 e. The van der Waals surface area contributed by atoms with Crippen molar-refractivity contribution in [3.05, 3.63) is 23.8 Å². The number of nitrogens with one attached hydrogen (secondary N) is 2. The van der Waals surface area contributed by atoms with Crippen molar-refractivity contribution in [3.8, 4) is 5.75 Å². The van der Waals surface area contributed by atoms with Crippen LogP contribution in [-0.2, 0) is 9.53 Å². The number of amides is 4. The molecule has 2 N–H and O–H groups in total. The summed E-state index contributed by atoms with van der Waals surface area (Å²) in [6.45, 7) is 6.43. The van der Waals surface area contributed by atoms with Crippen LogP contribution in [0.25, 0.3) is 0 Å². The van der Waals surface area contributed by atoms with Gasteiger partial charge in [-0.3, -0.25) is 15.0 Å². The number of esters is 1. The average Bonchev–Trinajstić information content (AvgIpc) is 2.78. The number of ether oxygens (including phenoxy) is 2. The lowest BCUT2D eigenvalue weighted by atomic mass is 9.89. The van der Waals surface area contributed by atoms with Gasteiger partial charge < -0.3 is 14.8 Å². The van der Waals surface area contributed by atoms with Crippen LogP contribution < -0.4 is 15.4 Å². The zero-order valence-corrected chi connectivity index (χ0v) is 20.1. The number of nitrogens with zero attached hydrogens (tertiary/aromatic N) is 2. The number of imide groups is 1. The highest BCUT2D eigenvalue weighted by atomic mass is 16.5. The number of anilines is 1. The molecule has 1 unspecified atom stereocenters. The van der Waals surface area contributed by atoms with Crippen molar-refractivity contribution in [2.75, 3.05) is 25.5 Å². The van der Waals surface area contributed by atoms with Gasteiger partial charge in [-0.1, -0.05) is 19.3 Å². The molecule has 1 heterocycles. The van der Waals surface area contributed by atoms with E-state index in [1.54, 1.807) is 4.90 Å². The van der Waals surface area contributed by atoms with Gasteiger partial charge in [-0.2, -0.15) is 0 Å². The summed E-state index contributed by atoms with van der Waals surface area (Å²) in [7, 11) is 1.29. The predicted molar refractivity (Wildman–Crippen MR) is 125 cm³/mol. The van der Waals surface area contributed by atoms with Crippen LogP contribution in [0, 0.1) is 12.8 Å². The SMILES string of the molecule is COC(=O)CCN1C(=O)NC(Nc2ccc(OC(C)C)c(C)c2)N(CC2CCCCC2)C1=O. The Balaban J connectivity index is 1.77. The Kier molecular flexibility index (Phi) is 8.41. The molecule has 182 valence electrons. The van der Waals surface area contributed by atoms with Gasteiger partial charge in [0.25, 0.3) is 0 Å². The Labute approximate surface area is 195 Å². The minimum atomic E-state index is -0.683. The largest absolute Gasteiger partial charge is 0.491 e. The monoisotopic (exact) mass is 460 g/mol. The summed E-state index contributed by atoms with van der Waals surface area (Å²) >= 11 is 0. The number of carbonyl (C=O) groups is 3. The maximum atomic E-state index is 13.3. The van der Waals surface area contributed by atoms with E-state index in [0.717, 1.165) is 47.6 Å². The standard InChI is InChI=1S/C24H36N4O5/c1-16(2)33-20-11-10-19(14-17(20)3)25-22-26-23(30)27(13-12-21(29)32-4)24(31)28(22)15-18-8-6-5-7-9-18/h10-11,14,16,18,22,25H,5-9,12-13,15H2,1-4H3,(H,26,30). The topological polar surface area (TPSA) is 100 Å². The van der Waals surface area contributed by atoms with E-state index in [2.05, 4.69) is 15.4 Å². The molecule has 0 aromatic heterocycles. The minimum absolute atomic E-state index is 0.0222. The molecule has 1 aliphatic carbocycles. The highest BCUT2D eigenvalue weighted by Gasteiger charge is 2.39. The summed E-state index contributed by atoms with van der Waals surface area (Å²) < 4.78 is 10.5. The van der Waals surface area contributed by atoms with Crippen LogP contribution in [0.4, 0.5) is 15.3 Å². The van der Waals surface area contributed by atoms with Crippen LogP contribution in [0.3, 0.4) is 0 Å². The van der Waals surface area contributed by atoms with Crippen molar-refractivity contribution in [2.24, 2.45) is 5.92 Å². The first-order chi connectivity index (χ1) is 15.8. The molecule has 0 radical (unpaired) electrons. The van der Waals surface area contributed by atoms with Crippen LogP contribution in [-0.4, -0.2) is 60.4 Å². The van der Waals surface area contributed by atoms with E-state index in [1.807, 2.05) is 39.0 Å². The first-order valence-electron chi connectivity index (χ1n) is 11.8. The molecule has 0 spiro atoms. The van der Waals surface area contributed by atoms with E-state index in [1.165, 1.54) is 13.5 Å². The first kappa shape index (κ1) is 24.7. The third kappa shape index (κ3) is 6.52. The molecule has 9 heteroatoms. The molecule has 1 atom stereocenters. The summed E-state index contributed by atoms with van der Waals surface area (Å²) in [4.78, 5) is 40.4. The van der Waals surface area contributed by atoms with Gasteiger partial charge in [0.2, 0.25) is 0 Å². The first-order valence-corrected chi connectivity index (χ1v) is 11.8. The van der Waals surface area contributed by atoms with E-state index < -0.39 is 24.3 Å². The van der Waals surface area contributed by atoms with Crippen LogP contribution >= 0.6 is 0 Å². The van der Waals surface area contributed by atoms with Crippen LogP contribution in [0.5, 0.6) is 5.75 Å². The molecule has 1 saturated heterocycles. The Hall–Kier alpha value is -2.97. The van der Waals surface area contributed by atoms with Gasteiger partial charge in [-0.25, -0.2) is 14.5 Å². The lowest BCUT2D eigenvalue weighted by Gasteiger charge is -2.43. The summed E-state index contributed by atoms with van der Waals surface area (Å²) in [5.74, 6) is 0.717. The van der Waals surface area contributed by atoms with Crippen molar-refractivity contribution in [3.63, 3.8) is 0 Å². The summed E-state index contributed by atoms with van der Waals surface area (Å²) in [6.07, 6.45) is 5.00. The molecule has 1 saturated carbocycles. The van der Waals surface area contributed by atoms with Gasteiger partial charge in [-0.15, -0.1) is 0 Å². The zero-order chi connectivity index (χ0) is 24.0. The Morgan fingerprint density at radius 3 is 2.58 bits per heavy atom. The van der Waals surface area contributed by atoms with E-state index in [0.29, 0.717) is 12.5 Å². The molecule has 1 aromatic rings. The molecule has 3 rings (SSSR count). The van der Waals surface area contributed by atoms with Crippen molar-refractivity contribution in [1.29, 1.82) is 0 Å². The fourth-order valence-corrected chi connectivity index (χ4v) is 4.36. The van der Waals surface area contributed by atoms with Gasteiger partial charge in [0.1, 0.15) is 5.75 Å². The van der Waals surface area contributed by atoms with Crippen molar-refractivity contribution >= 4 is 23.7 Å². The molecule has 9 nitrogen and oxygen atoms in total. The van der Waals surface area contributed by atoms with E-state index in [9.17, 15) is 14.4 Å². The molecular formula is C24H36N4O5. The second-order valence-corrected chi connectivity index (χ2v) is 9.06. The maximum absolute atomic E-state index is 13.3. The molecular weight excluding hydrogens is 424 g/mol. The van der Waals surface area contributed by atoms with Crippen molar-refractivity contribution in [2.45, 2.75) is 71.7 Å². The average molecular weight is 461 g/mol. The third-order valence-corrected chi connectivity index (χ3v) is 6.08. The molecule has 0 bridgehead atoms. The highest BCUT2D eigenvalue weighted by molar-refractivity contribution is 5.96. The predicted octanol–water partition coefficient (Wildman–Crippen LogP) is 4.07. The van der Waals surface area contributed by atoms with Gasteiger partial charge in [0.15, 0.2) is 6.29 Å². The second kappa shape index (κ2) is 11.2. The maximum Gasteiger partial charge on any atom is 0.331 e. The van der Waals surface area contributed by atoms with Crippen molar-refractivity contribution in [1.82, 2.24) is 15.1 Å². The van der Waals surface area contributed by atoms with Gasteiger partial charge >= 0.3 is 18.0 Å². The van der Waals surface area contributed by atoms with Crippen molar-refractivity contribution < 1.29 is 23.9 Å².